The summed E-state index contributed by atoms with van der Waals surface area (Å²) in [6.45, 7) is 1.82. The molecule has 0 fully saturated rings. The summed E-state index contributed by atoms with van der Waals surface area (Å²) in [5, 5.41) is 38.8. The number of aryl methyl sites for hydroxylation is 1. The lowest BCUT2D eigenvalue weighted by atomic mass is 10.1. The molecule has 0 aliphatic rings. The minimum atomic E-state index is -0.804. The van der Waals surface area contributed by atoms with Crippen molar-refractivity contribution < 1.29 is 24.9 Å². The van der Waals surface area contributed by atoms with Gasteiger partial charge in [0.1, 0.15) is 11.5 Å². The summed E-state index contributed by atoms with van der Waals surface area (Å²) < 4.78 is 1.31. The molecule has 10 heteroatoms. The Morgan fingerprint density at radius 2 is 1.61 bits per heavy atom. The highest BCUT2D eigenvalue weighted by Crippen LogP contribution is 2.37. The van der Waals surface area contributed by atoms with Gasteiger partial charge in [-0.3, -0.25) is 19.5 Å². The molecule has 166 valence electrons. The molecular weight excluding hydrogens is 426 g/mol. The van der Waals surface area contributed by atoms with E-state index in [1.54, 1.807) is 12.1 Å². The van der Waals surface area contributed by atoms with Crippen LogP contribution in [0.4, 0.5) is 0 Å². The second kappa shape index (κ2) is 8.42. The maximum absolute atomic E-state index is 13.0. The van der Waals surface area contributed by atoms with Gasteiger partial charge in [-0.2, -0.15) is 0 Å². The lowest BCUT2D eigenvalue weighted by molar-refractivity contribution is 0.0654. The van der Waals surface area contributed by atoms with Crippen LogP contribution in [0.5, 0.6) is 17.5 Å². The van der Waals surface area contributed by atoms with Crippen molar-refractivity contribution in [3.8, 4) is 34.6 Å². The van der Waals surface area contributed by atoms with Crippen LogP contribution in [0.3, 0.4) is 0 Å². The van der Waals surface area contributed by atoms with Crippen LogP contribution in [0.2, 0.25) is 0 Å². The molecule has 0 radical (unpaired) electrons. The maximum atomic E-state index is 13.0. The number of rotatable bonds is 4. The van der Waals surface area contributed by atoms with Gasteiger partial charge < -0.3 is 15.3 Å². The van der Waals surface area contributed by atoms with Crippen molar-refractivity contribution in [2.75, 3.05) is 7.05 Å². The first-order chi connectivity index (χ1) is 15.8. The molecule has 2 heterocycles. The second-order valence-electron chi connectivity index (χ2n) is 7.24. The van der Waals surface area contributed by atoms with Crippen molar-refractivity contribution in [3.63, 3.8) is 0 Å². The van der Waals surface area contributed by atoms with Crippen molar-refractivity contribution in [2.45, 2.75) is 6.92 Å². The Labute approximate surface area is 188 Å². The van der Waals surface area contributed by atoms with Crippen molar-refractivity contribution >= 4 is 11.8 Å². The predicted octanol–water partition coefficient (Wildman–Crippen LogP) is 2.67. The zero-order valence-corrected chi connectivity index (χ0v) is 17.7. The SMILES string of the molecule is Cc1ccccc1-n1c(O)nnc1-c1cc(C(=O)N(C)C(=O)c2ccncc2)c(O)cc1O. The van der Waals surface area contributed by atoms with Crippen LogP contribution in [0.1, 0.15) is 26.3 Å². The van der Waals surface area contributed by atoms with E-state index < -0.39 is 29.3 Å². The van der Waals surface area contributed by atoms with E-state index in [0.29, 0.717) is 5.69 Å². The number of aromatic nitrogens is 4. The fourth-order valence-corrected chi connectivity index (χ4v) is 3.38. The number of para-hydroxylation sites is 1. The van der Waals surface area contributed by atoms with Crippen molar-refractivity contribution in [1.82, 2.24) is 24.6 Å². The molecule has 2 amide bonds. The topological polar surface area (TPSA) is 142 Å². The summed E-state index contributed by atoms with van der Waals surface area (Å²) in [4.78, 5) is 30.4. The quantitative estimate of drug-likeness (QED) is 0.407. The zero-order chi connectivity index (χ0) is 23.7. The molecule has 4 rings (SSSR count). The summed E-state index contributed by atoms with van der Waals surface area (Å²) in [6, 6.07) is 11.8. The lowest BCUT2D eigenvalue weighted by Gasteiger charge is -2.17. The van der Waals surface area contributed by atoms with Crippen LogP contribution in [-0.4, -0.2) is 58.8 Å². The number of benzene rings is 2. The van der Waals surface area contributed by atoms with E-state index in [1.807, 2.05) is 19.1 Å². The minimum Gasteiger partial charge on any atom is -0.507 e. The van der Waals surface area contributed by atoms with E-state index in [9.17, 15) is 24.9 Å². The zero-order valence-electron chi connectivity index (χ0n) is 17.7. The number of pyridine rings is 1. The maximum Gasteiger partial charge on any atom is 0.319 e. The van der Waals surface area contributed by atoms with E-state index >= 15 is 0 Å². The van der Waals surface area contributed by atoms with Crippen molar-refractivity contribution in [2.24, 2.45) is 0 Å². The molecule has 0 aliphatic carbocycles. The number of carbonyl (C=O) groups is 2. The predicted molar refractivity (Wildman–Crippen MR) is 117 cm³/mol. The number of phenolic OH excluding ortho intramolecular Hbond substituents is 2. The largest absolute Gasteiger partial charge is 0.507 e. The fraction of sp³-hybridized carbons (Fsp3) is 0.0870. The number of aromatic hydroxyl groups is 3. The van der Waals surface area contributed by atoms with Crippen LogP contribution in [0, 0.1) is 6.92 Å². The third-order valence-corrected chi connectivity index (χ3v) is 5.12. The Kier molecular flexibility index (Phi) is 5.49. The molecule has 0 atom stereocenters. The molecule has 0 unspecified atom stereocenters. The molecule has 2 aromatic carbocycles. The molecule has 3 N–H and O–H groups in total. The first-order valence-electron chi connectivity index (χ1n) is 9.78. The van der Waals surface area contributed by atoms with Gasteiger partial charge in [-0.25, -0.2) is 4.57 Å². The number of carbonyl (C=O) groups excluding carboxylic acids is 2. The molecule has 4 aromatic rings. The van der Waals surface area contributed by atoms with Gasteiger partial charge in [0.05, 0.1) is 16.8 Å². The number of hydrogen-bond donors (Lipinski definition) is 3. The fourth-order valence-electron chi connectivity index (χ4n) is 3.38. The summed E-state index contributed by atoms with van der Waals surface area (Å²) in [5.41, 5.74) is 1.37. The van der Waals surface area contributed by atoms with Gasteiger partial charge in [-0.1, -0.05) is 23.3 Å². The lowest BCUT2D eigenvalue weighted by Crippen LogP contribution is -2.33. The van der Waals surface area contributed by atoms with Crippen molar-refractivity contribution in [1.29, 1.82) is 0 Å². The molecule has 0 aliphatic heterocycles. The highest BCUT2D eigenvalue weighted by molar-refractivity contribution is 6.11. The van der Waals surface area contributed by atoms with Gasteiger partial charge in [0.2, 0.25) is 0 Å². The number of hydrogen-bond acceptors (Lipinski definition) is 8. The highest BCUT2D eigenvalue weighted by Gasteiger charge is 2.26. The molecule has 0 bridgehead atoms. The average Bonchev–Trinajstić information content (AvgIpc) is 3.19. The first kappa shape index (κ1) is 21.5. The monoisotopic (exact) mass is 445 g/mol. The molecular formula is C23H19N5O5. The van der Waals surface area contributed by atoms with E-state index in [2.05, 4.69) is 15.2 Å². The smallest absolute Gasteiger partial charge is 0.319 e. The van der Waals surface area contributed by atoms with E-state index in [1.165, 1.54) is 42.2 Å². The average molecular weight is 445 g/mol. The van der Waals surface area contributed by atoms with E-state index in [0.717, 1.165) is 16.5 Å². The molecule has 2 aromatic heterocycles. The molecule has 0 saturated carbocycles. The summed E-state index contributed by atoms with van der Waals surface area (Å²) >= 11 is 0. The van der Waals surface area contributed by atoms with Crippen LogP contribution in [0.25, 0.3) is 17.1 Å². The standard InChI is InChI=1S/C23H19N5O5/c1-13-5-3-4-6-17(13)28-20(25-26-23(28)33)15-11-16(19(30)12-18(15)29)22(32)27(2)21(31)14-7-9-24-10-8-14/h3-12,29-30H,1-2H3,(H,26,33). The Morgan fingerprint density at radius 3 is 2.30 bits per heavy atom. The van der Waals surface area contributed by atoms with Crippen LogP contribution < -0.4 is 0 Å². The molecule has 10 nitrogen and oxygen atoms in total. The summed E-state index contributed by atoms with van der Waals surface area (Å²) in [6.07, 6.45) is 2.85. The number of phenols is 2. The van der Waals surface area contributed by atoms with Gasteiger partial charge in [-0.05, 0) is 36.8 Å². The minimum absolute atomic E-state index is 0.0250. The summed E-state index contributed by atoms with van der Waals surface area (Å²) in [7, 11) is 1.28. The normalized spacial score (nSPS) is 10.7. The Morgan fingerprint density at radius 1 is 0.909 bits per heavy atom. The Bertz CT molecular complexity index is 1370. The van der Waals surface area contributed by atoms with Gasteiger partial charge in [0.15, 0.2) is 5.82 Å². The van der Waals surface area contributed by atoms with Crippen LogP contribution >= 0.6 is 0 Å². The van der Waals surface area contributed by atoms with E-state index in [4.69, 9.17) is 0 Å². The molecule has 33 heavy (non-hydrogen) atoms. The Hall–Kier alpha value is -4.73. The van der Waals surface area contributed by atoms with Gasteiger partial charge in [-0.15, -0.1) is 5.10 Å². The number of amides is 2. The second-order valence-corrected chi connectivity index (χ2v) is 7.24. The first-order valence-corrected chi connectivity index (χ1v) is 9.78. The third kappa shape index (κ3) is 3.85. The Balaban J connectivity index is 1.79. The highest BCUT2D eigenvalue weighted by atomic mass is 16.3. The van der Waals surface area contributed by atoms with Crippen LogP contribution in [0.15, 0.2) is 60.9 Å². The third-order valence-electron chi connectivity index (χ3n) is 5.12. The molecule has 0 saturated heterocycles. The summed E-state index contributed by atoms with van der Waals surface area (Å²) in [5.74, 6) is -2.29. The number of nitrogens with zero attached hydrogens (tertiary/aromatic N) is 5. The van der Waals surface area contributed by atoms with Gasteiger partial charge >= 0.3 is 6.01 Å². The molecule has 0 spiro atoms. The van der Waals surface area contributed by atoms with E-state index in [-0.39, 0.29) is 22.5 Å². The van der Waals surface area contributed by atoms with Crippen LogP contribution in [-0.2, 0) is 0 Å². The number of imide groups is 1. The van der Waals surface area contributed by atoms with Gasteiger partial charge in [0.25, 0.3) is 11.8 Å². The van der Waals surface area contributed by atoms with Crippen molar-refractivity contribution in [3.05, 3.63) is 77.6 Å². The van der Waals surface area contributed by atoms with Gasteiger partial charge in [0, 0.05) is 31.1 Å².